The van der Waals surface area contributed by atoms with E-state index in [-0.39, 0.29) is 37.4 Å². The van der Waals surface area contributed by atoms with Crippen LogP contribution in [0.3, 0.4) is 0 Å². The molecule has 0 aromatic carbocycles. The Morgan fingerprint density at radius 3 is 1.60 bits per heavy atom. The van der Waals surface area contributed by atoms with Crippen molar-refractivity contribution in [1.82, 2.24) is 0 Å². The largest absolute Gasteiger partial charge is 0.463 e. The van der Waals surface area contributed by atoms with Crippen LogP contribution in [-0.4, -0.2) is 42.1 Å². The van der Waals surface area contributed by atoms with Crippen LogP contribution in [0.5, 0.6) is 0 Å². The van der Waals surface area contributed by atoms with Crippen molar-refractivity contribution in [3.05, 3.63) is 48.6 Å². The molecule has 0 radical (unpaired) electrons. The third-order valence-corrected chi connectivity index (χ3v) is 9.08. The molecule has 0 aromatic rings. The Bertz CT molecular complexity index is 917. The Hall–Kier alpha value is -2.47. The van der Waals surface area contributed by atoms with Crippen molar-refractivity contribution < 1.29 is 29.0 Å². The number of esters is 2. The van der Waals surface area contributed by atoms with Gasteiger partial charge in [-0.2, -0.15) is 0 Å². The first-order valence-electron chi connectivity index (χ1n) is 20.5. The van der Waals surface area contributed by atoms with Crippen molar-refractivity contribution in [1.29, 1.82) is 0 Å². The topological polar surface area (TPSA) is 89.9 Å². The monoisotopic (exact) mass is 701 g/mol. The van der Waals surface area contributed by atoms with E-state index in [0.29, 0.717) is 19.3 Å². The maximum atomic E-state index is 12.0. The normalized spacial score (nSPS) is 13.2. The molecule has 50 heavy (non-hydrogen) atoms. The molecule has 0 spiro atoms. The summed E-state index contributed by atoms with van der Waals surface area (Å²) >= 11 is 0. The summed E-state index contributed by atoms with van der Waals surface area (Å²) < 4.78 is 10.3. The van der Waals surface area contributed by atoms with E-state index in [0.717, 1.165) is 63.7 Å². The molecule has 6 nitrogen and oxygen atoms in total. The van der Waals surface area contributed by atoms with Crippen LogP contribution < -0.4 is 0 Å². The van der Waals surface area contributed by atoms with Gasteiger partial charge in [0.25, 0.3) is 0 Å². The summed E-state index contributed by atoms with van der Waals surface area (Å²) in [5.41, 5.74) is 0. The average Bonchev–Trinajstić information content (AvgIpc) is 3.11. The minimum Gasteiger partial charge on any atom is -0.463 e. The molecule has 0 heterocycles. The van der Waals surface area contributed by atoms with Gasteiger partial charge in [0, 0.05) is 19.3 Å². The number of hydrogen-bond donors (Lipinski definition) is 1. The minimum atomic E-state index is -1.00. The van der Waals surface area contributed by atoms with E-state index in [4.69, 9.17) is 9.47 Å². The molecule has 0 amide bonds. The molecule has 6 heteroatoms. The highest BCUT2D eigenvalue weighted by molar-refractivity contribution is 5.89. The summed E-state index contributed by atoms with van der Waals surface area (Å²) in [6.45, 7) is 6.48. The summed E-state index contributed by atoms with van der Waals surface area (Å²) in [6, 6.07) is 0. The van der Waals surface area contributed by atoms with Gasteiger partial charge < -0.3 is 14.6 Å². The zero-order chi connectivity index (χ0) is 36.8. The zero-order valence-corrected chi connectivity index (χ0v) is 32.6. The second-order valence-electron chi connectivity index (χ2n) is 14.0. The number of ether oxygens (including phenoxy) is 2. The van der Waals surface area contributed by atoms with E-state index in [1.807, 2.05) is 18.2 Å². The van der Waals surface area contributed by atoms with E-state index in [2.05, 4.69) is 45.1 Å². The summed E-state index contributed by atoms with van der Waals surface area (Å²) in [5, 5.41) is 10.0. The number of unbranched alkanes of at least 4 members (excludes halogenated alkanes) is 16. The molecule has 0 aliphatic heterocycles. The van der Waals surface area contributed by atoms with Crippen LogP contribution in [0.25, 0.3) is 0 Å². The fourth-order valence-electron chi connectivity index (χ4n) is 5.54. The van der Waals surface area contributed by atoms with Gasteiger partial charge in [-0.1, -0.05) is 172 Å². The SMILES string of the molecule is CCCCCC(=O)/C=C/C=C\C/C=C\C/C=C\CCCC(=O)OC[C@H](O)COC(=O)CCCCCCCCCCCCCCCCC(C)CC. The molecule has 0 bridgehead atoms. The Labute approximate surface area is 307 Å². The number of allylic oxidation sites excluding steroid dienone is 8. The fraction of sp³-hybridized carbons (Fsp3) is 0.750. The lowest BCUT2D eigenvalue weighted by Crippen LogP contribution is -2.25. The van der Waals surface area contributed by atoms with Gasteiger partial charge in [-0.15, -0.1) is 0 Å². The Kier molecular flexibility index (Phi) is 35.9. The van der Waals surface area contributed by atoms with Crippen LogP contribution >= 0.6 is 0 Å². The molecule has 0 saturated carbocycles. The smallest absolute Gasteiger partial charge is 0.305 e. The molecule has 0 aliphatic rings. The highest BCUT2D eigenvalue weighted by Gasteiger charge is 2.12. The zero-order valence-electron chi connectivity index (χ0n) is 32.6. The maximum Gasteiger partial charge on any atom is 0.305 e. The predicted octanol–water partition coefficient (Wildman–Crippen LogP) is 12.0. The maximum absolute atomic E-state index is 12.0. The molecule has 0 aliphatic carbocycles. The lowest BCUT2D eigenvalue weighted by Gasteiger charge is -2.12. The lowest BCUT2D eigenvalue weighted by atomic mass is 9.99. The molecule has 1 unspecified atom stereocenters. The van der Waals surface area contributed by atoms with Crippen molar-refractivity contribution in [3.8, 4) is 0 Å². The number of aliphatic hydroxyl groups excluding tert-OH is 1. The van der Waals surface area contributed by atoms with Crippen LogP contribution in [-0.2, 0) is 23.9 Å². The molecule has 0 aromatic heterocycles. The third-order valence-electron chi connectivity index (χ3n) is 9.08. The Balaban J connectivity index is 3.56. The quantitative estimate of drug-likeness (QED) is 0.0230. The van der Waals surface area contributed by atoms with Gasteiger partial charge in [0.15, 0.2) is 5.78 Å². The number of ketones is 1. The Morgan fingerprint density at radius 1 is 0.560 bits per heavy atom. The Morgan fingerprint density at radius 2 is 1.04 bits per heavy atom. The first-order chi connectivity index (χ1) is 24.4. The first kappa shape index (κ1) is 47.5. The molecular weight excluding hydrogens is 624 g/mol. The van der Waals surface area contributed by atoms with Crippen molar-refractivity contribution in [2.24, 2.45) is 5.92 Å². The second-order valence-corrected chi connectivity index (χ2v) is 14.0. The first-order valence-corrected chi connectivity index (χ1v) is 20.5. The summed E-state index contributed by atoms with van der Waals surface area (Å²) in [5.74, 6) is 0.424. The van der Waals surface area contributed by atoms with Crippen molar-refractivity contribution in [3.63, 3.8) is 0 Å². The van der Waals surface area contributed by atoms with Crippen LogP contribution in [0.2, 0.25) is 0 Å². The van der Waals surface area contributed by atoms with E-state index in [9.17, 15) is 19.5 Å². The van der Waals surface area contributed by atoms with Crippen LogP contribution in [0.15, 0.2) is 48.6 Å². The fourth-order valence-corrected chi connectivity index (χ4v) is 5.54. The van der Waals surface area contributed by atoms with Gasteiger partial charge in [0.1, 0.15) is 19.3 Å². The van der Waals surface area contributed by atoms with Crippen molar-refractivity contribution in [2.45, 2.75) is 194 Å². The minimum absolute atomic E-state index is 0.147. The van der Waals surface area contributed by atoms with Crippen molar-refractivity contribution in [2.75, 3.05) is 13.2 Å². The predicted molar refractivity (Wildman–Crippen MR) is 210 cm³/mol. The van der Waals surface area contributed by atoms with Gasteiger partial charge in [-0.3, -0.25) is 14.4 Å². The number of rotatable bonds is 36. The van der Waals surface area contributed by atoms with Crippen LogP contribution in [0, 0.1) is 5.92 Å². The molecule has 0 saturated heterocycles. The van der Waals surface area contributed by atoms with E-state index in [1.54, 1.807) is 6.08 Å². The molecule has 288 valence electrons. The van der Waals surface area contributed by atoms with Gasteiger partial charge in [0.05, 0.1) is 0 Å². The number of aliphatic hydroxyl groups is 1. The van der Waals surface area contributed by atoms with Gasteiger partial charge >= 0.3 is 11.9 Å². The van der Waals surface area contributed by atoms with Gasteiger partial charge in [-0.25, -0.2) is 0 Å². The average molecular weight is 701 g/mol. The number of carbonyl (C=O) groups is 3. The number of carbonyl (C=O) groups excluding carboxylic acids is 3. The van der Waals surface area contributed by atoms with E-state index < -0.39 is 6.10 Å². The van der Waals surface area contributed by atoms with Crippen LogP contribution in [0.4, 0.5) is 0 Å². The number of hydrogen-bond acceptors (Lipinski definition) is 6. The van der Waals surface area contributed by atoms with Crippen LogP contribution in [0.1, 0.15) is 188 Å². The summed E-state index contributed by atoms with van der Waals surface area (Å²) in [6.07, 6.45) is 42.9. The second kappa shape index (κ2) is 37.8. The van der Waals surface area contributed by atoms with Gasteiger partial charge in [0.2, 0.25) is 0 Å². The standard InChI is InChI=1S/C44H76O6/c1-4-6-28-34-41(45)35-30-25-21-17-13-11-15-19-23-27-32-37-44(48)50-39-42(46)38-49-43(47)36-31-26-22-18-14-10-8-7-9-12-16-20-24-29-33-40(3)5-2/h11,13,19,21,23,25,30,35,40,42,46H,4-10,12,14-18,20,22,24,26-29,31-34,36-39H2,1-3H3/b13-11-,23-19-,25-21-,35-30+/t40?,42-/m1/s1. The molecule has 0 fully saturated rings. The lowest BCUT2D eigenvalue weighted by molar-refractivity contribution is -0.152. The van der Waals surface area contributed by atoms with Crippen molar-refractivity contribution >= 4 is 17.7 Å². The molecular formula is C44H76O6. The van der Waals surface area contributed by atoms with E-state index >= 15 is 0 Å². The summed E-state index contributed by atoms with van der Waals surface area (Å²) in [7, 11) is 0. The molecule has 1 N–H and O–H groups in total. The highest BCUT2D eigenvalue weighted by Crippen LogP contribution is 2.16. The summed E-state index contributed by atoms with van der Waals surface area (Å²) in [4.78, 5) is 35.6. The highest BCUT2D eigenvalue weighted by atomic mass is 16.6. The van der Waals surface area contributed by atoms with Gasteiger partial charge in [-0.05, 0) is 50.5 Å². The third kappa shape index (κ3) is 36.8. The molecule has 2 atom stereocenters. The molecule has 0 rings (SSSR count). The van der Waals surface area contributed by atoms with E-state index in [1.165, 1.54) is 83.5 Å².